The van der Waals surface area contributed by atoms with E-state index in [-0.39, 0.29) is 48.3 Å². The molecule has 0 atom stereocenters. The average Bonchev–Trinajstić information content (AvgIpc) is 2.79. The lowest BCUT2D eigenvalue weighted by molar-refractivity contribution is -0.0225. The topological polar surface area (TPSA) is 107 Å². The fraction of sp³-hybridized carbons (Fsp3) is 0.320. The number of carboxylic acids is 1. The zero-order valence-electron chi connectivity index (χ0n) is 18.5. The molecule has 1 aromatic heterocycles. The lowest BCUT2D eigenvalue weighted by atomic mass is 10.0. The number of aryl methyl sites for hydroxylation is 1. The van der Waals surface area contributed by atoms with E-state index in [1.807, 2.05) is 19.1 Å². The molecule has 1 aliphatic heterocycles. The number of fused-ring (bicyclic) bond motifs is 1. The monoisotopic (exact) mass is 467 g/mol. The van der Waals surface area contributed by atoms with Crippen molar-refractivity contribution in [3.63, 3.8) is 0 Å². The quantitative estimate of drug-likeness (QED) is 0.547. The van der Waals surface area contributed by atoms with Gasteiger partial charge in [0, 0.05) is 38.2 Å². The highest BCUT2D eigenvalue weighted by Gasteiger charge is 2.36. The van der Waals surface area contributed by atoms with Crippen LogP contribution in [0.1, 0.15) is 39.9 Å². The summed E-state index contributed by atoms with van der Waals surface area (Å²) in [6.45, 7) is 2.13. The molecule has 2 heterocycles. The van der Waals surface area contributed by atoms with Gasteiger partial charge in [0.15, 0.2) is 5.56 Å². The Bertz CT molecular complexity index is 1350. The molecule has 176 valence electrons. The number of alkyl halides is 2. The maximum absolute atomic E-state index is 13.6. The first-order valence-electron chi connectivity index (χ1n) is 10.9. The standard InChI is InChI=1S/C25H23F2N3O4/c1-15-12-16(6-9-29-20-5-3-2-4-17(20)24(32)33)22-18(13-15)21(31)19(14-28)23(34-22)30-10-7-25(26,27)8-11-30/h2-5,12-13,29H,6-11H2,1H3,(H,32,33). The Morgan fingerprint density at radius 3 is 2.65 bits per heavy atom. The summed E-state index contributed by atoms with van der Waals surface area (Å²) in [6.07, 6.45) is -0.362. The van der Waals surface area contributed by atoms with Gasteiger partial charge in [0.1, 0.15) is 11.7 Å². The summed E-state index contributed by atoms with van der Waals surface area (Å²) < 4.78 is 33.4. The normalized spacial score (nSPS) is 15.2. The maximum atomic E-state index is 13.6. The van der Waals surface area contributed by atoms with Crippen LogP contribution in [0.5, 0.6) is 0 Å². The maximum Gasteiger partial charge on any atom is 0.337 e. The van der Waals surface area contributed by atoms with Gasteiger partial charge in [-0.25, -0.2) is 13.6 Å². The molecule has 0 radical (unpaired) electrons. The predicted molar refractivity (Wildman–Crippen MR) is 124 cm³/mol. The second kappa shape index (κ2) is 9.14. The third kappa shape index (κ3) is 4.57. The van der Waals surface area contributed by atoms with Crippen LogP contribution < -0.4 is 15.6 Å². The third-order valence-electron chi connectivity index (χ3n) is 5.96. The number of carboxylic acid groups (broad SMARTS) is 1. The second-order valence-electron chi connectivity index (χ2n) is 8.39. The van der Waals surface area contributed by atoms with Crippen LogP contribution in [-0.4, -0.2) is 36.6 Å². The van der Waals surface area contributed by atoms with Crippen LogP contribution in [-0.2, 0) is 6.42 Å². The van der Waals surface area contributed by atoms with Gasteiger partial charge in [-0.05, 0) is 42.7 Å². The molecule has 3 aromatic rings. The molecule has 2 N–H and O–H groups in total. The number of benzene rings is 2. The van der Waals surface area contributed by atoms with E-state index in [0.29, 0.717) is 29.8 Å². The molecule has 1 saturated heterocycles. The summed E-state index contributed by atoms with van der Waals surface area (Å²) in [6, 6.07) is 11.9. The van der Waals surface area contributed by atoms with Crippen LogP contribution in [0.15, 0.2) is 45.6 Å². The van der Waals surface area contributed by atoms with Crippen molar-refractivity contribution in [1.29, 1.82) is 5.26 Å². The molecule has 7 nitrogen and oxygen atoms in total. The van der Waals surface area contributed by atoms with E-state index in [1.54, 1.807) is 24.3 Å². The van der Waals surface area contributed by atoms with Gasteiger partial charge in [-0.1, -0.05) is 18.2 Å². The van der Waals surface area contributed by atoms with Gasteiger partial charge in [-0.15, -0.1) is 0 Å². The Balaban J connectivity index is 1.69. The molecule has 1 aliphatic rings. The first-order valence-corrected chi connectivity index (χ1v) is 10.9. The molecule has 0 unspecified atom stereocenters. The number of nitriles is 1. The van der Waals surface area contributed by atoms with E-state index >= 15 is 0 Å². The highest BCUT2D eigenvalue weighted by atomic mass is 19.3. The fourth-order valence-electron chi connectivity index (χ4n) is 4.22. The van der Waals surface area contributed by atoms with Crippen molar-refractivity contribution in [2.45, 2.75) is 32.1 Å². The first-order chi connectivity index (χ1) is 16.2. The van der Waals surface area contributed by atoms with Crippen molar-refractivity contribution < 1.29 is 23.1 Å². The van der Waals surface area contributed by atoms with Crippen molar-refractivity contribution in [3.8, 4) is 6.07 Å². The summed E-state index contributed by atoms with van der Waals surface area (Å²) in [7, 11) is 0. The van der Waals surface area contributed by atoms with E-state index < -0.39 is 17.3 Å². The molecule has 2 aromatic carbocycles. The van der Waals surface area contributed by atoms with E-state index in [1.165, 1.54) is 11.0 Å². The Morgan fingerprint density at radius 1 is 1.26 bits per heavy atom. The molecule has 9 heteroatoms. The van der Waals surface area contributed by atoms with E-state index in [9.17, 15) is 28.7 Å². The van der Waals surface area contributed by atoms with E-state index in [0.717, 1.165) is 5.56 Å². The van der Waals surface area contributed by atoms with Gasteiger partial charge >= 0.3 is 5.97 Å². The Kier molecular flexibility index (Phi) is 6.24. The Hall–Kier alpha value is -3.93. The summed E-state index contributed by atoms with van der Waals surface area (Å²) >= 11 is 0. The molecule has 0 saturated carbocycles. The Labute approximate surface area is 194 Å². The molecule has 0 spiro atoms. The highest BCUT2D eigenvalue weighted by molar-refractivity contribution is 5.94. The van der Waals surface area contributed by atoms with Crippen LogP contribution in [0.4, 0.5) is 20.4 Å². The van der Waals surface area contributed by atoms with Crippen molar-refractivity contribution in [2.75, 3.05) is 29.9 Å². The minimum atomic E-state index is -2.78. The van der Waals surface area contributed by atoms with Crippen molar-refractivity contribution in [2.24, 2.45) is 0 Å². The number of hydrogen-bond donors (Lipinski definition) is 2. The number of piperidine rings is 1. The van der Waals surface area contributed by atoms with E-state index in [4.69, 9.17) is 4.42 Å². The summed E-state index contributed by atoms with van der Waals surface area (Å²) in [5.41, 5.74) is 1.72. The largest absolute Gasteiger partial charge is 0.478 e. The van der Waals surface area contributed by atoms with Crippen LogP contribution in [0.2, 0.25) is 0 Å². The van der Waals surface area contributed by atoms with E-state index in [2.05, 4.69) is 5.32 Å². The fourth-order valence-corrected chi connectivity index (χ4v) is 4.22. The predicted octanol–water partition coefficient (Wildman–Crippen LogP) is 4.56. The minimum Gasteiger partial charge on any atom is -0.478 e. The number of anilines is 2. The van der Waals surface area contributed by atoms with Crippen LogP contribution in [0, 0.1) is 18.3 Å². The van der Waals surface area contributed by atoms with Gasteiger partial charge in [-0.3, -0.25) is 4.79 Å². The number of nitrogens with zero attached hydrogens (tertiary/aromatic N) is 2. The molecule has 1 fully saturated rings. The number of rotatable bonds is 6. The minimum absolute atomic E-state index is 0.0183. The molecule has 0 bridgehead atoms. The van der Waals surface area contributed by atoms with Crippen molar-refractivity contribution in [3.05, 3.63) is 68.9 Å². The number of hydrogen-bond acceptors (Lipinski definition) is 6. The zero-order valence-corrected chi connectivity index (χ0v) is 18.5. The van der Waals surface area contributed by atoms with Gasteiger partial charge in [0.25, 0.3) is 5.92 Å². The SMILES string of the molecule is Cc1cc(CCNc2ccccc2C(=O)O)c2oc(N3CCC(F)(F)CC3)c(C#N)c(=O)c2c1. The van der Waals surface area contributed by atoms with Crippen LogP contribution >= 0.6 is 0 Å². The third-order valence-corrected chi connectivity index (χ3v) is 5.96. The zero-order chi connectivity index (χ0) is 24.5. The summed E-state index contributed by atoms with van der Waals surface area (Å²) in [5, 5.41) is 22.3. The number of para-hydroxylation sites is 1. The lowest BCUT2D eigenvalue weighted by Crippen LogP contribution is -2.40. The second-order valence-corrected chi connectivity index (χ2v) is 8.39. The molecule has 34 heavy (non-hydrogen) atoms. The molecule has 0 amide bonds. The molecule has 4 rings (SSSR count). The molecular weight excluding hydrogens is 444 g/mol. The van der Waals surface area contributed by atoms with Gasteiger partial charge in [-0.2, -0.15) is 5.26 Å². The number of aromatic carboxylic acids is 1. The van der Waals surface area contributed by atoms with Crippen molar-refractivity contribution in [1.82, 2.24) is 0 Å². The number of carbonyl (C=O) groups is 1. The van der Waals surface area contributed by atoms with Gasteiger partial charge in [0.05, 0.1) is 10.9 Å². The molecular formula is C25H23F2N3O4. The average molecular weight is 467 g/mol. The molecule has 0 aliphatic carbocycles. The smallest absolute Gasteiger partial charge is 0.337 e. The Morgan fingerprint density at radius 2 is 1.97 bits per heavy atom. The van der Waals surface area contributed by atoms with Crippen LogP contribution in [0.3, 0.4) is 0 Å². The highest BCUT2D eigenvalue weighted by Crippen LogP contribution is 2.33. The lowest BCUT2D eigenvalue weighted by Gasteiger charge is -2.32. The first kappa shape index (κ1) is 23.2. The summed E-state index contributed by atoms with van der Waals surface area (Å²) in [4.78, 5) is 26.1. The van der Waals surface area contributed by atoms with Gasteiger partial charge in [0.2, 0.25) is 11.3 Å². The van der Waals surface area contributed by atoms with Gasteiger partial charge < -0.3 is 19.7 Å². The summed E-state index contributed by atoms with van der Waals surface area (Å²) in [5.74, 6) is -3.80. The van der Waals surface area contributed by atoms with Crippen molar-refractivity contribution >= 4 is 28.5 Å². The van der Waals surface area contributed by atoms with Crippen LogP contribution in [0.25, 0.3) is 11.0 Å². The number of nitrogens with one attached hydrogen (secondary N) is 1. The number of halogens is 2.